The fourth-order valence-corrected chi connectivity index (χ4v) is 5.25. The highest BCUT2D eigenvalue weighted by molar-refractivity contribution is 5.92. The summed E-state index contributed by atoms with van der Waals surface area (Å²) in [6, 6.07) is 4.73. The van der Waals surface area contributed by atoms with E-state index in [-0.39, 0.29) is 34.7 Å². The van der Waals surface area contributed by atoms with Crippen LogP contribution in [0, 0.1) is 16.7 Å². The Morgan fingerprint density at radius 3 is 2.53 bits per heavy atom. The first-order chi connectivity index (χ1) is 17.2. The molecule has 36 heavy (non-hydrogen) atoms. The maximum Gasteiger partial charge on any atom is 0.417 e. The van der Waals surface area contributed by atoms with Crippen LogP contribution < -0.4 is 10.2 Å². The number of aromatic nitrogens is 2. The van der Waals surface area contributed by atoms with Crippen LogP contribution in [0.2, 0.25) is 0 Å². The second-order valence-electron chi connectivity index (χ2n) is 9.85. The lowest BCUT2D eigenvalue weighted by atomic mass is 9.76. The fourth-order valence-electron chi connectivity index (χ4n) is 5.25. The van der Waals surface area contributed by atoms with Gasteiger partial charge in [-0.05, 0) is 55.7 Å². The van der Waals surface area contributed by atoms with Crippen molar-refractivity contribution in [3.05, 3.63) is 53.6 Å². The summed E-state index contributed by atoms with van der Waals surface area (Å²) in [5, 5.41) is 12.2. The van der Waals surface area contributed by atoms with Gasteiger partial charge >= 0.3 is 6.18 Å². The summed E-state index contributed by atoms with van der Waals surface area (Å²) >= 11 is 0. The van der Waals surface area contributed by atoms with Crippen LogP contribution in [0.5, 0.6) is 0 Å². The SMILES string of the molecule is N#Cc1ccc(N2CC3(CCN(C(=O)c4cnccn4)CC3)CC2C(=O)NC2CC2)cc1C(F)(F)F. The number of carbonyl (C=O) groups excluding carboxylic acids is 2. The molecule has 2 amide bonds. The number of nitriles is 1. The lowest BCUT2D eigenvalue weighted by Gasteiger charge is -2.39. The number of nitrogens with one attached hydrogen (secondary N) is 1. The third-order valence-corrected chi connectivity index (χ3v) is 7.39. The van der Waals surface area contributed by atoms with Gasteiger partial charge in [0.2, 0.25) is 5.91 Å². The van der Waals surface area contributed by atoms with Gasteiger partial charge in [0.15, 0.2) is 0 Å². The Kier molecular flexibility index (Phi) is 6.06. The predicted molar refractivity (Wildman–Crippen MR) is 123 cm³/mol. The molecular weight excluding hydrogens is 473 g/mol. The first kappa shape index (κ1) is 24.0. The smallest absolute Gasteiger partial charge is 0.359 e. The summed E-state index contributed by atoms with van der Waals surface area (Å²) in [5.41, 5.74) is -1.24. The molecule has 1 aromatic carbocycles. The Morgan fingerprint density at radius 1 is 1.17 bits per heavy atom. The van der Waals surface area contributed by atoms with E-state index in [4.69, 9.17) is 5.26 Å². The van der Waals surface area contributed by atoms with Crippen molar-refractivity contribution in [2.24, 2.45) is 5.41 Å². The monoisotopic (exact) mass is 498 g/mol. The van der Waals surface area contributed by atoms with E-state index in [1.807, 2.05) is 0 Å². The number of benzene rings is 1. The molecule has 1 spiro atoms. The van der Waals surface area contributed by atoms with Crippen molar-refractivity contribution in [2.75, 3.05) is 24.5 Å². The summed E-state index contributed by atoms with van der Waals surface area (Å²) in [5.74, 6) is -0.400. The van der Waals surface area contributed by atoms with Gasteiger partial charge in [0.1, 0.15) is 11.7 Å². The molecule has 188 valence electrons. The zero-order chi connectivity index (χ0) is 25.5. The van der Waals surface area contributed by atoms with Crippen molar-refractivity contribution in [3.63, 3.8) is 0 Å². The molecule has 0 radical (unpaired) electrons. The number of anilines is 1. The van der Waals surface area contributed by atoms with E-state index in [1.165, 1.54) is 30.7 Å². The molecule has 2 aliphatic heterocycles. The molecule has 1 aliphatic carbocycles. The molecule has 1 saturated carbocycles. The van der Waals surface area contributed by atoms with Crippen LogP contribution in [0.1, 0.15) is 53.7 Å². The number of rotatable bonds is 4. The Hall–Kier alpha value is -3.68. The summed E-state index contributed by atoms with van der Waals surface area (Å²) in [4.78, 5) is 37.4. The molecule has 2 aromatic rings. The third kappa shape index (κ3) is 4.72. The van der Waals surface area contributed by atoms with Gasteiger partial charge in [-0.25, -0.2) is 4.98 Å². The number of likely N-dealkylation sites (tertiary alicyclic amines) is 1. The van der Waals surface area contributed by atoms with E-state index in [0.717, 1.165) is 18.9 Å². The highest BCUT2D eigenvalue weighted by Gasteiger charge is 2.49. The highest BCUT2D eigenvalue weighted by Crippen LogP contribution is 2.46. The van der Waals surface area contributed by atoms with E-state index in [9.17, 15) is 22.8 Å². The topological polar surface area (TPSA) is 102 Å². The summed E-state index contributed by atoms with van der Waals surface area (Å²) in [7, 11) is 0. The largest absolute Gasteiger partial charge is 0.417 e. The van der Waals surface area contributed by atoms with Crippen molar-refractivity contribution in [2.45, 2.75) is 50.4 Å². The maximum absolute atomic E-state index is 13.6. The van der Waals surface area contributed by atoms with Gasteiger partial charge in [-0.3, -0.25) is 14.6 Å². The molecule has 2 saturated heterocycles. The third-order valence-electron chi connectivity index (χ3n) is 7.39. The van der Waals surface area contributed by atoms with E-state index < -0.39 is 23.3 Å². The molecule has 1 atom stereocenters. The zero-order valence-electron chi connectivity index (χ0n) is 19.5. The Morgan fingerprint density at radius 2 is 1.92 bits per heavy atom. The molecule has 3 heterocycles. The fraction of sp³-hybridized carbons (Fsp3) is 0.480. The minimum absolute atomic E-state index is 0.119. The number of piperidine rings is 1. The number of carbonyl (C=O) groups is 2. The van der Waals surface area contributed by atoms with E-state index in [1.54, 1.807) is 15.9 Å². The van der Waals surface area contributed by atoms with Crippen molar-refractivity contribution in [1.82, 2.24) is 20.2 Å². The first-order valence-corrected chi connectivity index (χ1v) is 11.9. The predicted octanol–water partition coefficient (Wildman–Crippen LogP) is 3.15. The maximum atomic E-state index is 13.6. The molecule has 11 heteroatoms. The molecule has 0 bridgehead atoms. The Labute approximate surface area is 206 Å². The van der Waals surface area contributed by atoms with Crippen LogP contribution in [0.4, 0.5) is 18.9 Å². The molecule has 5 rings (SSSR count). The lowest BCUT2D eigenvalue weighted by molar-refractivity contribution is -0.137. The Balaban J connectivity index is 1.39. The average Bonchev–Trinajstić information content (AvgIpc) is 3.62. The molecule has 1 unspecified atom stereocenters. The van der Waals surface area contributed by atoms with Crippen molar-refractivity contribution in [3.8, 4) is 6.07 Å². The number of nitrogens with zero attached hydrogens (tertiary/aromatic N) is 5. The number of amides is 2. The minimum Gasteiger partial charge on any atom is -0.359 e. The standard InChI is InChI=1S/C25H25F3N6O2/c26-25(27,28)19-11-18(4-1-16(19)13-29)34-15-24(12-21(34)22(35)32-17-2-3-17)5-9-33(10-6-24)23(36)20-14-30-7-8-31-20/h1,4,7-8,11,14,17,21H,2-3,5-6,9-10,12,15H2,(H,32,35). The normalized spacial score (nSPS) is 21.3. The van der Waals surface area contributed by atoms with Crippen LogP contribution >= 0.6 is 0 Å². The molecule has 1 aromatic heterocycles. The van der Waals surface area contributed by atoms with E-state index in [0.29, 0.717) is 38.9 Å². The highest BCUT2D eigenvalue weighted by atomic mass is 19.4. The molecule has 3 aliphatic rings. The van der Waals surface area contributed by atoms with Gasteiger partial charge in [-0.1, -0.05) is 0 Å². The molecular formula is C25H25F3N6O2. The van der Waals surface area contributed by atoms with Crippen molar-refractivity contribution in [1.29, 1.82) is 5.26 Å². The van der Waals surface area contributed by atoms with Crippen molar-refractivity contribution >= 4 is 17.5 Å². The zero-order valence-corrected chi connectivity index (χ0v) is 19.5. The number of alkyl halides is 3. The van der Waals surface area contributed by atoms with Gasteiger partial charge in [-0.15, -0.1) is 0 Å². The minimum atomic E-state index is -4.68. The van der Waals surface area contributed by atoms with Gasteiger partial charge < -0.3 is 15.1 Å². The molecule has 8 nitrogen and oxygen atoms in total. The van der Waals surface area contributed by atoms with Crippen LogP contribution in [-0.4, -0.2) is 58.4 Å². The van der Waals surface area contributed by atoms with Gasteiger partial charge in [0.25, 0.3) is 5.91 Å². The number of hydrogen-bond acceptors (Lipinski definition) is 6. The van der Waals surface area contributed by atoms with Crippen LogP contribution in [0.25, 0.3) is 0 Å². The van der Waals surface area contributed by atoms with Gasteiger partial charge in [-0.2, -0.15) is 18.4 Å². The Bertz CT molecular complexity index is 1200. The summed E-state index contributed by atoms with van der Waals surface area (Å²) < 4.78 is 40.9. The van der Waals surface area contributed by atoms with Crippen LogP contribution in [0.3, 0.4) is 0 Å². The first-order valence-electron chi connectivity index (χ1n) is 11.9. The summed E-state index contributed by atoms with van der Waals surface area (Å²) in [6.07, 6.45) is 3.22. The van der Waals surface area contributed by atoms with E-state index in [2.05, 4.69) is 15.3 Å². The van der Waals surface area contributed by atoms with Crippen LogP contribution in [-0.2, 0) is 11.0 Å². The van der Waals surface area contributed by atoms with Crippen molar-refractivity contribution < 1.29 is 22.8 Å². The second kappa shape index (κ2) is 9.08. The second-order valence-corrected chi connectivity index (χ2v) is 9.85. The van der Waals surface area contributed by atoms with Crippen LogP contribution in [0.15, 0.2) is 36.8 Å². The number of halogens is 3. The molecule has 3 fully saturated rings. The average molecular weight is 499 g/mol. The number of hydrogen-bond donors (Lipinski definition) is 1. The quantitative estimate of drug-likeness (QED) is 0.695. The lowest BCUT2D eigenvalue weighted by Crippen LogP contribution is -2.44. The van der Waals surface area contributed by atoms with Gasteiger partial charge in [0.05, 0.1) is 23.4 Å². The molecule has 1 N–H and O–H groups in total. The summed E-state index contributed by atoms with van der Waals surface area (Å²) in [6.45, 7) is 1.31. The van der Waals surface area contributed by atoms with E-state index >= 15 is 0 Å². The van der Waals surface area contributed by atoms with Gasteiger partial charge in [0, 0.05) is 43.8 Å².